The monoisotopic (exact) mass is 248 g/mol. The number of nitrogens with zero attached hydrogens (tertiary/aromatic N) is 4. The van der Waals surface area contributed by atoms with Gasteiger partial charge in [-0.3, -0.25) is 9.36 Å². The minimum atomic E-state index is -0.459. The van der Waals surface area contributed by atoms with Crippen LogP contribution < -0.4 is 0 Å². The quantitative estimate of drug-likeness (QED) is 0.846. The molecule has 98 valence electrons. The second-order valence-electron chi connectivity index (χ2n) is 4.56. The van der Waals surface area contributed by atoms with Gasteiger partial charge in [-0.05, 0) is 30.9 Å². The van der Waals surface area contributed by atoms with Crippen LogP contribution in [0.4, 0.5) is 0 Å². The number of rotatable bonds is 6. The molecule has 0 amide bonds. The molecule has 5 nitrogen and oxygen atoms in total. The molecular formula is C13H20N4O. The van der Waals surface area contributed by atoms with Crippen LogP contribution in [0, 0.1) is 0 Å². The van der Waals surface area contributed by atoms with Crippen LogP contribution in [0.2, 0.25) is 0 Å². The van der Waals surface area contributed by atoms with Gasteiger partial charge < -0.3 is 5.11 Å². The first-order valence-corrected chi connectivity index (χ1v) is 6.38. The Balaban J connectivity index is 1.94. The lowest BCUT2D eigenvalue weighted by molar-refractivity contribution is 0.156. The summed E-state index contributed by atoms with van der Waals surface area (Å²) in [5.74, 6) is 0. The Morgan fingerprint density at radius 3 is 2.89 bits per heavy atom. The topological polar surface area (TPSA) is 55.9 Å². The van der Waals surface area contributed by atoms with Crippen molar-refractivity contribution in [2.45, 2.75) is 38.8 Å². The van der Waals surface area contributed by atoms with Gasteiger partial charge in [0.15, 0.2) is 0 Å². The summed E-state index contributed by atoms with van der Waals surface area (Å²) in [5, 5.41) is 18.5. The van der Waals surface area contributed by atoms with Crippen LogP contribution in [0.1, 0.15) is 37.1 Å². The van der Waals surface area contributed by atoms with Crippen molar-refractivity contribution in [1.29, 1.82) is 0 Å². The minimum Gasteiger partial charge on any atom is -0.387 e. The third-order valence-electron chi connectivity index (χ3n) is 2.99. The Morgan fingerprint density at radius 2 is 2.22 bits per heavy atom. The van der Waals surface area contributed by atoms with Crippen molar-refractivity contribution in [3.05, 3.63) is 35.9 Å². The maximum Gasteiger partial charge on any atom is 0.0959 e. The molecule has 0 aromatic carbocycles. The predicted octanol–water partition coefficient (Wildman–Crippen LogP) is 1.69. The molecule has 0 saturated carbocycles. The molecule has 0 saturated heterocycles. The molecule has 0 aliphatic carbocycles. The molecular weight excluding hydrogens is 228 g/mol. The molecule has 2 aromatic rings. The van der Waals surface area contributed by atoms with E-state index in [1.54, 1.807) is 10.9 Å². The van der Waals surface area contributed by atoms with Gasteiger partial charge in [-0.25, -0.2) is 0 Å². The summed E-state index contributed by atoms with van der Waals surface area (Å²) in [6.45, 7) is 2.96. The molecule has 0 aliphatic heterocycles. The lowest BCUT2D eigenvalue weighted by Gasteiger charge is -2.12. The van der Waals surface area contributed by atoms with E-state index in [0.29, 0.717) is 6.42 Å². The lowest BCUT2D eigenvalue weighted by atomic mass is 10.1. The fourth-order valence-corrected chi connectivity index (χ4v) is 2.08. The van der Waals surface area contributed by atoms with Gasteiger partial charge in [-0.15, -0.1) is 0 Å². The SMILES string of the molecule is CCCn1nccc1C(O)CCc1cnn(C)c1. The molecule has 5 heteroatoms. The van der Waals surface area contributed by atoms with Crippen molar-refractivity contribution in [3.63, 3.8) is 0 Å². The van der Waals surface area contributed by atoms with Crippen molar-refractivity contribution in [3.8, 4) is 0 Å². The third kappa shape index (κ3) is 2.98. The highest BCUT2D eigenvalue weighted by Crippen LogP contribution is 2.18. The fraction of sp³-hybridized carbons (Fsp3) is 0.538. The molecule has 0 spiro atoms. The molecule has 1 N–H and O–H groups in total. The molecule has 18 heavy (non-hydrogen) atoms. The van der Waals surface area contributed by atoms with Crippen LogP contribution in [-0.4, -0.2) is 24.7 Å². The predicted molar refractivity (Wildman–Crippen MR) is 69.0 cm³/mol. The summed E-state index contributed by atoms with van der Waals surface area (Å²) in [6.07, 6.45) is 7.65. The molecule has 1 atom stereocenters. The van der Waals surface area contributed by atoms with Crippen LogP contribution >= 0.6 is 0 Å². The zero-order valence-electron chi connectivity index (χ0n) is 11.0. The van der Waals surface area contributed by atoms with E-state index in [-0.39, 0.29) is 0 Å². The highest BCUT2D eigenvalue weighted by atomic mass is 16.3. The van der Waals surface area contributed by atoms with Gasteiger partial charge in [0.25, 0.3) is 0 Å². The Hall–Kier alpha value is -1.62. The van der Waals surface area contributed by atoms with Crippen LogP contribution in [0.5, 0.6) is 0 Å². The maximum atomic E-state index is 10.2. The molecule has 2 rings (SSSR count). The lowest BCUT2D eigenvalue weighted by Crippen LogP contribution is -2.09. The van der Waals surface area contributed by atoms with E-state index in [2.05, 4.69) is 17.1 Å². The summed E-state index contributed by atoms with van der Waals surface area (Å²) in [4.78, 5) is 0. The molecule has 2 aromatic heterocycles. The van der Waals surface area contributed by atoms with E-state index in [9.17, 15) is 5.11 Å². The van der Waals surface area contributed by atoms with Crippen molar-refractivity contribution in [2.24, 2.45) is 7.05 Å². The van der Waals surface area contributed by atoms with E-state index < -0.39 is 6.10 Å². The van der Waals surface area contributed by atoms with Gasteiger partial charge in [0.2, 0.25) is 0 Å². The largest absolute Gasteiger partial charge is 0.387 e. The van der Waals surface area contributed by atoms with Gasteiger partial charge in [0, 0.05) is 26.0 Å². The summed E-state index contributed by atoms with van der Waals surface area (Å²) in [7, 11) is 1.90. The van der Waals surface area contributed by atoms with Crippen molar-refractivity contribution in [1.82, 2.24) is 19.6 Å². The standard InChI is InChI=1S/C13H20N4O/c1-3-8-17-12(6-7-14-17)13(18)5-4-11-9-15-16(2)10-11/h6-7,9-10,13,18H,3-5,8H2,1-2H3. The molecule has 0 fully saturated rings. The minimum absolute atomic E-state index is 0.459. The van der Waals surface area contributed by atoms with Gasteiger partial charge in [-0.2, -0.15) is 10.2 Å². The number of aryl methyl sites for hydroxylation is 3. The summed E-state index contributed by atoms with van der Waals surface area (Å²) >= 11 is 0. The summed E-state index contributed by atoms with van der Waals surface area (Å²) < 4.78 is 3.66. The average molecular weight is 248 g/mol. The van der Waals surface area contributed by atoms with Crippen LogP contribution in [-0.2, 0) is 20.0 Å². The molecule has 1 unspecified atom stereocenters. The van der Waals surface area contributed by atoms with Crippen molar-refractivity contribution < 1.29 is 5.11 Å². The Morgan fingerprint density at radius 1 is 1.39 bits per heavy atom. The van der Waals surface area contributed by atoms with E-state index in [1.807, 2.05) is 30.2 Å². The van der Waals surface area contributed by atoms with Crippen LogP contribution in [0.25, 0.3) is 0 Å². The van der Waals surface area contributed by atoms with E-state index >= 15 is 0 Å². The number of aliphatic hydroxyl groups excluding tert-OH is 1. The van der Waals surface area contributed by atoms with E-state index in [0.717, 1.165) is 30.6 Å². The average Bonchev–Trinajstić information content (AvgIpc) is 2.96. The maximum absolute atomic E-state index is 10.2. The van der Waals surface area contributed by atoms with Gasteiger partial charge >= 0.3 is 0 Å². The fourth-order valence-electron chi connectivity index (χ4n) is 2.08. The van der Waals surface area contributed by atoms with Gasteiger partial charge in [0.05, 0.1) is 18.0 Å². The zero-order valence-corrected chi connectivity index (χ0v) is 11.0. The van der Waals surface area contributed by atoms with Crippen LogP contribution in [0.15, 0.2) is 24.7 Å². The number of aromatic nitrogens is 4. The Bertz CT molecular complexity index is 489. The first-order chi connectivity index (χ1) is 8.70. The summed E-state index contributed by atoms with van der Waals surface area (Å²) in [5.41, 5.74) is 2.05. The molecule has 2 heterocycles. The van der Waals surface area contributed by atoms with E-state index in [4.69, 9.17) is 0 Å². The van der Waals surface area contributed by atoms with Crippen molar-refractivity contribution in [2.75, 3.05) is 0 Å². The number of aliphatic hydroxyl groups is 1. The smallest absolute Gasteiger partial charge is 0.0959 e. The highest BCUT2D eigenvalue weighted by molar-refractivity contribution is 5.08. The zero-order chi connectivity index (χ0) is 13.0. The van der Waals surface area contributed by atoms with Gasteiger partial charge in [0.1, 0.15) is 0 Å². The second-order valence-corrected chi connectivity index (χ2v) is 4.56. The van der Waals surface area contributed by atoms with Crippen molar-refractivity contribution >= 4 is 0 Å². The van der Waals surface area contributed by atoms with Crippen LogP contribution in [0.3, 0.4) is 0 Å². The number of hydrogen-bond donors (Lipinski definition) is 1. The van der Waals surface area contributed by atoms with E-state index in [1.165, 1.54) is 0 Å². The first-order valence-electron chi connectivity index (χ1n) is 6.38. The normalized spacial score (nSPS) is 12.8. The summed E-state index contributed by atoms with van der Waals surface area (Å²) in [6, 6.07) is 1.89. The van der Waals surface area contributed by atoms with Gasteiger partial charge in [-0.1, -0.05) is 6.92 Å². The second kappa shape index (κ2) is 5.82. The first kappa shape index (κ1) is 12.8. The Kier molecular flexibility index (Phi) is 4.15. The number of hydrogen-bond acceptors (Lipinski definition) is 3. The molecule has 0 radical (unpaired) electrons. The highest BCUT2D eigenvalue weighted by Gasteiger charge is 2.13. The third-order valence-corrected chi connectivity index (χ3v) is 2.99. The Labute approximate surface area is 107 Å². The molecule has 0 aliphatic rings. The molecule has 0 bridgehead atoms.